The van der Waals surface area contributed by atoms with Crippen molar-refractivity contribution in [2.24, 2.45) is 5.73 Å². The molecule has 0 bridgehead atoms. The average molecular weight is 296 g/mol. The van der Waals surface area contributed by atoms with Crippen LogP contribution in [0.25, 0.3) is 0 Å². The highest BCUT2D eigenvalue weighted by Gasteiger charge is 2.20. The smallest absolute Gasteiger partial charge is 0.341 e. The third-order valence-corrected chi connectivity index (χ3v) is 3.82. The van der Waals surface area contributed by atoms with Crippen molar-refractivity contribution in [2.75, 3.05) is 11.9 Å². The predicted octanol–water partition coefficient (Wildman–Crippen LogP) is 2.33. The van der Waals surface area contributed by atoms with Gasteiger partial charge >= 0.3 is 5.97 Å². The van der Waals surface area contributed by atoms with Crippen LogP contribution in [0.5, 0.6) is 0 Å². The van der Waals surface area contributed by atoms with E-state index in [4.69, 9.17) is 10.5 Å². The first-order valence-electron chi connectivity index (χ1n) is 6.50. The lowest BCUT2D eigenvalue weighted by molar-refractivity contribution is -0.117. The van der Waals surface area contributed by atoms with Gasteiger partial charge in [-0.1, -0.05) is 13.0 Å². The number of ether oxygens (including phenoxy) is 1. The van der Waals surface area contributed by atoms with Gasteiger partial charge in [-0.3, -0.25) is 4.79 Å². The molecule has 1 unspecified atom stereocenters. The minimum Gasteiger partial charge on any atom is -0.462 e. The minimum atomic E-state index is -0.672. The van der Waals surface area contributed by atoms with Crippen molar-refractivity contribution < 1.29 is 14.3 Å². The molecule has 0 aliphatic rings. The van der Waals surface area contributed by atoms with Gasteiger partial charge in [0.2, 0.25) is 5.91 Å². The molecule has 20 heavy (non-hydrogen) atoms. The molecule has 6 heteroatoms. The SMILES string of the molecule is C=CCC(N)C(=O)Nc1sc(CC)cc1C(=O)OCC. The number of anilines is 1. The summed E-state index contributed by atoms with van der Waals surface area (Å²) in [6.45, 7) is 7.56. The van der Waals surface area contributed by atoms with Crippen LogP contribution in [0.15, 0.2) is 18.7 Å². The molecule has 0 aliphatic carbocycles. The number of carbonyl (C=O) groups excluding carboxylic acids is 2. The summed E-state index contributed by atoms with van der Waals surface area (Å²) in [5.74, 6) is -0.768. The van der Waals surface area contributed by atoms with E-state index in [1.165, 1.54) is 11.3 Å². The van der Waals surface area contributed by atoms with Gasteiger partial charge in [-0.2, -0.15) is 0 Å². The highest BCUT2D eigenvalue weighted by atomic mass is 32.1. The largest absolute Gasteiger partial charge is 0.462 e. The lowest BCUT2D eigenvalue weighted by Crippen LogP contribution is -2.35. The summed E-state index contributed by atoms with van der Waals surface area (Å²) in [4.78, 5) is 24.8. The molecular formula is C14H20N2O3S. The van der Waals surface area contributed by atoms with E-state index in [1.54, 1.807) is 19.1 Å². The van der Waals surface area contributed by atoms with Crippen molar-refractivity contribution in [3.8, 4) is 0 Å². The average Bonchev–Trinajstić information content (AvgIpc) is 2.82. The molecule has 0 aromatic carbocycles. The molecule has 3 N–H and O–H groups in total. The Hall–Kier alpha value is -1.66. The third kappa shape index (κ3) is 4.18. The highest BCUT2D eigenvalue weighted by Crippen LogP contribution is 2.29. The van der Waals surface area contributed by atoms with Crippen LogP contribution in [0.1, 0.15) is 35.5 Å². The number of hydrogen-bond donors (Lipinski definition) is 2. The van der Waals surface area contributed by atoms with Crippen LogP contribution in [-0.4, -0.2) is 24.5 Å². The fourth-order valence-electron chi connectivity index (χ4n) is 1.56. The van der Waals surface area contributed by atoms with Crippen molar-refractivity contribution >= 4 is 28.2 Å². The van der Waals surface area contributed by atoms with Gasteiger partial charge in [0.15, 0.2) is 0 Å². The minimum absolute atomic E-state index is 0.291. The maximum Gasteiger partial charge on any atom is 0.341 e. The van der Waals surface area contributed by atoms with Gasteiger partial charge in [0.25, 0.3) is 0 Å². The van der Waals surface area contributed by atoms with E-state index >= 15 is 0 Å². The molecular weight excluding hydrogens is 276 g/mol. The van der Waals surface area contributed by atoms with Gasteiger partial charge < -0.3 is 15.8 Å². The molecule has 5 nitrogen and oxygen atoms in total. The monoisotopic (exact) mass is 296 g/mol. The normalized spacial score (nSPS) is 11.8. The number of amides is 1. The Bertz CT molecular complexity index is 497. The number of esters is 1. The van der Waals surface area contributed by atoms with E-state index in [0.717, 1.165) is 11.3 Å². The molecule has 1 atom stereocenters. The molecule has 110 valence electrons. The summed E-state index contributed by atoms with van der Waals surface area (Å²) in [6.07, 6.45) is 2.75. The second kappa shape index (κ2) is 7.81. The number of nitrogens with one attached hydrogen (secondary N) is 1. The highest BCUT2D eigenvalue weighted by molar-refractivity contribution is 7.16. The van der Waals surface area contributed by atoms with Crippen LogP contribution in [0.2, 0.25) is 0 Å². The van der Waals surface area contributed by atoms with Gasteiger partial charge in [0.1, 0.15) is 5.00 Å². The van der Waals surface area contributed by atoms with Gasteiger partial charge in [0, 0.05) is 4.88 Å². The number of rotatable bonds is 7. The third-order valence-electron chi connectivity index (χ3n) is 2.62. The van der Waals surface area contributed by atoms with Gasteiger partial charge in [-0.15, -0.1) is 17.9 Å². The number of aryl methyl sites for hydroxylation is 1. The van der Waals surface area contributed by atoms with Crippen molar-refractivity contribution in [3.63, 3.8) is 0 Å². The molecule has 1 heterocycles. The Labute approximate surface area is 122 Å². The van der Waals surface area contributed by atoms with Crippen molar-refractivity contribution in [1.82, 2.24) is 0 Å². The van der Waals surface area contributed by atoms with Crippen LogP contribution in [0.3, 0.4) is 0 Å². The Balaban J connectivity index is 2.92. The molecule has 0 saturated heterocycles. The molecule has 1 amide bonds. The molecule has 0 spiro atoms. The number of nitrogens with two attached hydrogens (primary N) is 1. The van der Waals surface area contributed by atoms with E-state index in [2.05, 4.69) is 11.9 Å². The Kier molecular flexibility index (Phi) is 6.41. The predicted molar refractivity (Wildman–Crippen MR) is 81.1 cm³/mol. The second-order valence-corrected chi connectivity index (χ2v) is 5.29. The Morgan fingerprint density at radius 1 is 1.55 bits per heavy atom. The topological polar surface area (TPSA) is 81.4 Å². The van der Waals surface area contributed by atoms with Crippen molar-refractivity contribution in [1.29, 1.82) is 0 Å². The van der Waals surface area contributed by atoms with Crippen molar-refractivity contribution in [3.05, 3.63) is 29.2 Å². The lowest BCUT2D eigenvalue weighted by Gasteiger charge is -2.10. The van der Waals surface area contributed by atoms with Crippen LogP contribution < -0.4 is 11.1 Å². The zero-order chi connectivity index (χ0) is 15.1. The maximum atomic E-state index is 11.9. The molecule has 1 rings (SSSR count). The maximum absolute atomic E-state index is 11.9. The van der Waals surface area contributed by atoms with Crippen molar-refractivity contribution in [2.45, 2.75) is 32.7 Å². The number of carbonyl (C=O) groups is 2. The Morgan fingerprint density at radius 2 is 2.25 bits per heavy atom. The molecule has 0 radical (unpaired) electrons. The molecule has 1 aromatic rings. The van der Waals surface area contributed by atoms with Crippen LogP contribution >= 0.6 is 11.3 Å². The summed E-state index contributed by atoms with van der Waals surface area (Å²) in [6, 6.07) is 1.08. The number of hydrogen-bond acceptors (Lipinski definition) is 5. The van der Waals surface area contributed by atoms with Crippen LogP contribution in [0, 0.1) is 0 Å². The molecule has 0 saturated carbocycles. The first kappa shape index (κ1) is 16.4. The standard InChI is InChI=1S/C14H20N2O3S/c1-4-7-11(15)12(17)16-13-10(14(18)19-6-3)8-9(5-2)20-13/h4,8,11H,1,5-7,15H2,2-3H3,(H,16,17). The fourth-order valence-corrected chi connectivity index (χ4v) is 2.55. The van der Waals surface area contributed by atoms with E-state index in [1.807, 2.05) is 6.92 Å². The number of thiophene rings is 1. The second-order valence-electron chi connectivity index (χ2n) is 4.15. The zero-order valence-electron chi connectivity index (χ0n) is 11.8. The first-order chi connectivity index (χ1) is 9.53. The summed E-state index contributed by atoms with van der Waals surface area (Å²) < 4.78 is 4.98. The summed E-state index contributed by atoms with van der Waals surface area (Å²) >= 11 is 1.36. The van der Waals surface area contributed by atoms with E-state index in [0.29, 0.717) is 23.6 Å². The molecule has 0 fully saturated rings. The van der Waals surface area contributed by atoms with E-state index in [9.17, 15) is 9.59 Å². The summed E-state index contributed by atoms with van der Waals surface area (Å²) in [5, 5.41) is 3.19. The first-order valence-corrected chi connectivity index (χ1v) is 7.32. The molecule has 0 aliphatic heterocycles. The van der Waals surface area contributed by atoms with Gasteiger partial charge in [0.05, 0.1) is 18.2 Å². The van der Waals surface area contributed by atoms with Crippen LogP contribution in [0.4, 0.5) is 5.00 Å². The van der Waals surface area contributed by atoms with Gasteiger partial charge in [-0.05, 0) is 25.8 Å². The zero-order valence-corrected chi connectivity index (χ0v) is 12.6. The summed E-state index contributed by atoms with van der Waals surface area (Å²) in [7, 11) is 0. The van der Waals surface area contributed by atoms with Gasteiger partial charge in [-0.25, -0.2) is 4.79 Å². The summed E-state index contributed by atoms with van der Waals surface area (Å²) in [5.41, 5.74) is 6.09. The Morgan fingerprint density at radius 3 is 2.80 bits per heavy atom. The lowest BCUT2D eigenvalue weighted by atomic mass is 10.2. The van der Waals surface area contributed by atoms with E-state index < -0.39 is 12.0 Å². The van der Waals surface area contributed by atoms with Crippen LogP contribution in [-0.2, 0) is 16.0 Å². The van der Waals surface area contributed by atoms with E-state index in [-0.39, 0.29) is 5.91 Å². The molecule has 1 aromatic heterocycles. The quantitative estimate of drug-likeness (QED) is 0.597. The fraction of sp³-hybridized carbons (Fsp3) is 0.429.